The molecule has 2 aliphatic heterocycles. The van der Waals surface area contributed by atoms with Gasteiger partial charge in [-0.25, -0.2) is 19.3 Å². The maximum atomic E-state index is 13.1. The molecule has 2 atom stereocenters. The van der Waals surface area contributed by atoms with Crippen LogP contribution in [0.1, 0.15) is 28.2 Å². The normalized spacial score (nSPS) is 16.5. The minimum Gasteiger partial charge on any atom is -0.390 e. The van der Waals surface area contributed by atoms with Gasteiger partial charge in [0.25, 0.3) is 5.91 Å². The van der Waals surface area contributed by atoms with Gasteiger partial charge < -0.3 is 30.1 Å². The highest BCUT2D eigenvalue weighted by Crippen LogP contribution is 2.35. The number of benzene rings is 1. The third-order valence-corrected chi connectivity index (χ3v) is 14.2. The van der Waals surface area contributed by atoms with Crippen LogP contribution in [0, 0.1) is 0 Å². The van der Waals surface area contributed by atoms with Crippen molar-refractivity contribution in [3.63, 3.8) is 0 Å². The van der Waals surface area contributed by atoms with E-state index in [4.69, 9.17) is 42.8 Å². The number of fused-ring (bicyclic) bond motifs is 2. The lowest BCUT2D eigenvalue weighted by Crippen LogP contribution is -2.48. The molecule has 1 amide bonds. The van der Waals surface area contributed by atoms with Crippen LogP contribution in [0.15, 0.2) is 67.5 Å². The highest BCUT2D eigenvalue weighted by molar-refractivity contribution is 6.76. The van der Waals surface area contributed by atoms with Gasteiger partial charge in [-0.1, -0.05) is 68.6 Å². The molecule has 2 bridgehead atoms. The Morgan fingerprint density at radius 3 is 1.87 bits per heavy atom. The number of aromatic nitrogens is 8. The third kappa shape index (κ3) is 13.4. The summed E-state index contributed by atoms with van der Waals surface area (Å²) in [6.07, 6.45) is 11.3. The second-order valence-corrected chi connectivity index (χ2v) is 29.4. The molecule has 6 heterocycles. The second kappa shape index (κ2) is 20.5. The molecule has 4 aromatic heterocycles. The fourth-order valence-corrected chi connectivity index (χ4v) is 8.54. The number of anilines is 4. The number of amides is 1. The Morgan fingerprint density at radius 1 is 0.767 bits per heavy atom. The fourth-order valence-electron chi connectivity index (χ4n) is 6.64. The Bertz CT molecular complexity index is 2180. The zero-order valence-electron chi connectivity index (χ0n) is 35.2. The number of halogens is 2. The number of hydrogen-bond acceptors (Lipinski definition) is 13. The van der Waals surface area contributed by atoms with Crippen LogP contribution in [0.3, 0.4) is 0 Å². The van der Waals surface area contributed by atoms with Crippen molar-refractivity contribution in [1.29, 1.82) is 0 Å². The topological polar surface area (TPSA) is 174 Å². The molecule has 1 aromatic carbocycles. The van der Waals surface area contributed by atoms with Gasteiger partial charge in [-0.2, -0.15) is 10.2 Å². The molecule has 16 nitrogen and oxygen atoms in total. The number of aliphatic hydroxyl groups is 1. The predicted octanol–water partition coefficient (Wildman–Crippen LogP) is 7.36. The average molecular weight is 896 g/mol. The van der Waals surface area contributed by atoms with Crippen molar-refractivity contribution in [1.82, 2.24) is 49.3 Å². The van der Waals surface area contributed by atoms with Crippen molar-refractivity contribution in [2.24, 2.45) is 0 Å². The number of nitrogens with one attached hydrogen (secondary N) is 2. The van der Waals surface area contributed by atoms with E-state index >= 15 is 0 Å². The Morgan fingerprint density at radius 2 is 1.33 bits per heavy atom. The first-order chi connectivity index (χ1) is 28.6. The molecule has 60 heavy (non-hydrogen) atoms. The third-order valence-electron chi connectivity index (χ3n) is 9.93. The lowest BCUT2D eigenvalue weighted by molar-refractivity contribution is 0.0614. The lowest BCUT2D eigenvalue weighted by Gasteiger charge is -2.34. The second-order valence-electron chi connectivity index (χ2n) is 17.4. The molecule has 322 valence electrons. The Labute approximate surface area is 363 Å². The van der Waals surface area contributed by atoms with Gasteiger partial charge in [-0.3, -0.25) is 19.7 Å². The zero-order valence-corrected chi connectivity index (χ0v) is 38.7. The van der Waals surface area contributed by atoms with Crippen molar-refractivity contribution in [2.75, 3.05) is 36.9 Å². The van der Waals surface area contributed by atoms with Gasteiger partial charge >= 0.3 is 0 Å². The summed E-state index contributed by atoms with van der Waals surface area (Å²) in [5.74, 6) is 2.50. The minimum absolute atomic E-state index is 0.0588. The van der Waals surface area contributed by atoms with E-state index in [9.17, 15) is 4.79 Å². The van der Waals surface area contributed by atoms with Gasteiger partial charge in [0, 0.05) is 91.8 Å². The first-order valence-corrected chi connectivity index (χ1v) is 28.3. The van der Waals surface area contributed by atoms with Crippen LogP contribution < -0.4 is 10.6 Å². The predicted molar refractivity (Wildman–Crippen MR) is 239 cm³/mol. The molecular formula is C40H56Cl2N12O4Si2. The van der Waals surface area contributed by atoms with E-state index in [2.05, 4.69) is 80.0 Å². The molecule has 7 rings (SSSR count). The Balaban J connectivity index is 0.000000233. The van der Waals surface area contributed by atoms with E-state index in [0.29, 0.717) is 71.1 Å². The number of carbonyl (C=O) groups is 1. The highest BCUT2D eigenvalue weighted by Gasteiger charge is 2.45. The van der Waals surface area contributed by atoms with E-state index in [-0.39, 0.29) is 24.6 Å². The molecule has 2 fully saturated rings. The molecule has 0 spiro atoms. The van der Waals surface area contributed by atoms with Crippen molar-refractivity contribution >= 4 is 68.5 Å². The summed E-state index contributed by atoms with van der Waals surface area (Å²) in [6.45, 7) is 18.4. The number of rotatable bonds is 18. The monoisotopic (exact) mass is 894 g/mol. The smallest absolute Gasteiger partial charge is 0.255 e. The molecular weight excluding hydrogens is 840 g/mol. The molecule has 20 heteroatoms. The van der Waals surface area contributed by atoms with Crippen LogP contribution in [0.4, 0.5) is 23.3 Å². The number of ether oxygens (including phenoxy) is 2. The minimum atomic E-state index is -1.10. The van der Waals surface area contributed by atoms with Crippen LogP contribution in [0.5, 0.6) is 0 Å². The summed E-state index contributed by atoms with van der Waals surface area (Å²) >= 11 is 12.4. The SMILES string of the molecule is C[Si](C)(C)CCOCn1ccc(Nc2cncc(CN3C[C@H]4C[C@@H]3CN4C(=O)c3cccc(Cl)c3Cl)n2)n1.C[Si](C)(C)CCOCn1ccc(Nc2cncc(CO)n2)n1. The Kier molecular flexibility index (Phi) is 15.5. The molecule has 2 saturated heterocycles. The molecule has 0 aliphatic carbocycles. The fraction of sp³-hybridized carbons (Fsp3) is 0.475. The summed E-state index contributed by atoms with van der Waals surface area (Å²) in [4.78, 5) is 34.7. The van der Waals surface area contributed by atoms with Crippen LogP contribution in [-0.2, 0) is 36.1 Å². The standard InChI is InChI=1S/C26H33Cl2N7O2Si.C14H23N5O2Si/c1-38(2,3)10-9-37-17-34-8-7-23(32-34)31-24-13-29-12-18(30-24)14-33-15-20-11-19(33)16-35(20)26(36)21-5-4-6-22(27)25(21)28;1-22(2,3)7-6-21-11-19-5-4-13(18-19)17-14-9-15-8-12(10-20)16-14/h4-8,12-13,19-20H,9-11,14-17H2,1-3H3,(H,30,31,32);4-5,8-9,20H,6-7,10-11H2,1-3H3,(H,16,17,18)/t19-,20-;/m1./s1. The van der Waals surface area contributed by atoms with Gasteiger partial charge in [0.05, 0.1) is 52.2 Å². The number of carbonyl (C=O) groups excluding carboxylic acids is 1. The van der Waals surface area contributed by atoms with E-state index in [1.54, 1.807) is 46.2 Å². The molecule has 5 aromatic rings. The molecule has 0 unspecified atom stereocenters. The van der Waals surface area contributed by atoms with Crippen LogP contribution in [0.25, 0.3) is 0 Å². The van der Waals surface area contributed by atoms with E-state index in [1.165, 1.54) is 6.20 Å². The highest BCUT2D eigenvalue weighted by atomic mass is 35.5. The van der Waals surface area contributed by atoms with Gasteiger partial charge in [0.1, 0.15) is 19.3 Å². The first kappa shape index (κ1) is 45.3. The maximum Gasteiger partial charge on any atom is 0.255 e. The van der Waals surface area contributed by atoms with E-state index in [1.807, 2.05) is 29.4 Å². The lowest BCUT2D eigenvalue weighted by atomic mass is 10.1. The van der Waals surface area contributed by atoms with Gasteiger partial charge in [-0.15, -0.1) is 0 Å². The summed E-state index contributed by atoms with van der Waals surface area (Å²) < 4.78 is 14.9. The summed E-state index contributed by atoms with van der Waals surface area (Å²) in [7, 11) is -2.16. The maximum absolute atomic E-state index is 13.1. The number of likely N-dealkylation sites (tertiary alicyclic amines) is 2. The number of aliphatic hydroxyl groups excluding tert-OH is 1. The molecule has 3 N–H and O–H groups in total. The van der Waals surface area contributed by atoms with Gasteiger partial charge in [0.15, 0.2) is 17.5 Å². The average Bonchev–Trinajstić information content (AvgIpc) is 4.02. The van der Waals surface area contributed by atoms with Crippen LogP contribution in [0.2, 0.25) is 61.4 Å². The molecule has 2 aliphatic rings. The number of hydrogen-bond donors (Lipinski definition) is 3. The summed E-state index contributed by atoms with van der Waals surface area (Å²) in [6, 6.07) is 11.6. The van der Waals surface area contributed by atoms with Crippen LogP contribution in [-0.4, -0.2) is 115 Å². The molecule has 0 radical (unpaired) electrons. The van der Waals surface area contributed by atoms with Crippen molar-refractivity contribution in [2.45, 2.75) is 96.5 Å². The molecule has 0 saturated carbocycles. The quantitative estimate of drug-likeness (QED) is 0.0589. The summed E-state index contributed by atoms with van der Waals surface area (Å²) in [5.41, 5.74) is 1.84. The zero-order chi connectivity index (χ0) is 42.9. The van der Waals surface area contributed by atoms with Crippen molar-refractivity contribution < 1.29 is 19.4 Å². The van der Waals surface area contributed by atoms with Crippen molar-refractivity contribution in [3.05, 3.63) is 94.5 Å². The Hall–Kier alpha value is -4.28. The van der Waals surface area contributed by atoms with E-state index < -0.39 is 16.1 Å². The van der Waals surface area contributed by atoms with E-state index in [0.717, 1.165) is 44.0 Å². The summed E-state index contributed by atoms with van der Waals surface area (Å²) in [5, 5.41) is 24.9. The number of piperazine rings is 1. The number of nitrogens with zero attached hydrogens (tertiary/aromatic N) is 10. The largest absolute Gasteiger partial charge is 0.390 e. The van der Waals surface area contributed by atoms with Gasteiger partial charge in [0.2, 0.25) is 0 Å². The van der Waals surface area contributed by atoms with Crippen LogP contribution >= 0.6 is 23.2 Å². The first-order valence-electron chi connectivity index (χ1n) is 20.1. The van der Waals surface area contributed by atoms with Crippen molar-refractivity contribution in [3.8, 4) is 0 Å². The van der Waals surface area contributed by atoms with Gasteiger partial charge in [-0.05, 0) is 30.6 Å².